The summed E-state index contributed by atoms with van der Waals surface area (Å²) in [5, 5.41) is 16.8. The highest BCUT2D eigenvalue weighted by Crippen LogP contribution is 2.40. The molecule has 0 aliphatic heterocycles. The fourth-order valence-corrected chi connectivity index (χ4v) is 3.46. The van der Waals surface area contributed by atoms with Crippen LogP contribution in [-0.4, -0.2) is 22.1 Å². The van der Waals surface area contributed by atoms with E-state index in [1.807, 2.05) is 45.0 Å². The first-order valence-electron chi connectivity index (χ1n) is 8.96. The van der Waals surface area contributed by atoms with Crippen LogP contribution in [0.25, 0.3) is 10.8 Å². The minimum atomic E-state index is -1.48. The number of benzene rings is 2. The monoisotopic (exact) mass is 377 g/mol. The van der Waals surface area contributed by atoms with E-state index in [-0.39, 0.29) is 0 Å². The lowest BCUT2D eigenvalue weighted by molar-refractivity contribution is -0.127. The van der Waals surface area contributed by atoms with E-state index in [9.17, 15) is 14.7 Å². The van der Waals surface area contributed by atoms with E-state index in [1.54, 1.807) is 42.7 Å². The largest absolute Gasteiger partial charge is 0.465 e. The molecule has 0 saturated carbocycles. The van der Waals surface area contributed by atoms with Gasteiger partial charge in [0.1, 0.15) is 0 Å². The molecule has 2 aromatic carbocycles. The van der Waals surface area contributed by atoms with Crippen LogP contribution in [0.1, 0.15) is 26.3 Å². The standard InChI is InChI=1S/C22H23N3O3/c1-21(2,3)22(25-20(27)28,17-7-5-4-6-8-17)19(26)24-18-10-9-16-14-23-12-11-15(16)13-18/h4-14,25H,1-3H3,(H,24,26)(H,27,28)/t22-/m1/s1. The molecule has 0 radical (unpaired) electrons. The molecule has 3 rings (SSSR count). The average molecular weight is 377 g/mol. The third-order valence-corrected chi connectivity index (χ3v) is 4.87. The number of pyridine rings is 1. The average Bonchev–Trinajstić information content (AvgIpc) is 2.65. The van der Waals surface area contributed by atoms with Crippen molar-refractivity contribution in [1.82, 2.24) is 10.3 Å². The number of anilines is 1. The molecule has 28 heavy (non-hydrogen) atoms. The number of aromatic nitrogens is 1. The van der Waals surface area contributed by atoms with Gasteiger partial charge in [0.15, 0.2) is 5.54 Å². The molecule has 1 atom stereocenters. The number of hydrogen-bond donors (Lipinski definition) is 3. The molecule has 0 saturated heterocycles. The molecule has 0 aliphatic rings. The summed E-state index contributed by atoms with van der Waals surface area (Å²) in [6, 6.07) is 16.3. The summed E-state index contributed by atoms with van der Waals surface area (Å²) < 4.78 is 0. The maximum atomic E-state index is 13.5. The van der Waals surface area contributed by atoms with Gasteiger partial charge in [0.05, 0.1) is 0 Å². The van der Waals surface area contributed by atoms with Gasteiger partial charge in [-0.3, -0.25) is 9.78 Å². The Morgan fingerprint density at radius 1 is 0.964 bits per heavy atom. The fourth-order valence-electron chi connectivity index (χ4n) is 3.46. The predicted octanol–water partition coefficient (Wildman–Crippen LogP) is 4.38. The first-order chi connectivity index (χ1) is 13.2. The second-order valence-corrected chi connectivity index (χ2v) is 7.69. The van der Waals surface area contributed by atoms with Crippen LogP contribution in [-0.2, 0) is 10.3 Å². The zero-order valence-electron chi connectivity index (χ0n) is 16.1. The molecule has 6 nitrogen and oxygen atoms in total. The summed E-state index contributed by atoms with van der Waals surface area (Å²) in [6.07, 6.45) is 2.16. The van der Waals surface area contributed by atoms with Crippen molar-refractivity contribution in [3.63, 3.8) is 0 Å². The summed E-state index contributed by atoms with van der Waals surface area (Å²) in [7, 11) is 0. The number of carbonyl (C=O) groups is 2. The Hall–Kier alpha value is -3.41. The second kappa shape index (κ2) is 7.31. The van der Waals surface area contributed by atoms with Gasteiger partial charge in [-0.05, 0) is 34.6 Å². The zero-order chi connectivity index (χ0) is 20.4. The van der Waals surface area contributed by atoms with E-state index in [1.165, 1.54) is 0 Å². The number of carbonyl (C=O) groups excluding carboxylic acids is 1. The summed E-state index contributed by atoms with van der Waals surface area (Å²) >= 11 is 0. The van der Waals surface area contributed by atoms with Crippen LogP contribution < -0.4 is 10.6 Å². The molecular formula is C22H23N3O3. The van der Waals surface area contributed by atoms with Gasteiger partial charge in [-0.2, -0.15) is 0 Å². The molecule has 1 aromatic heterocycles. The Kier molecular flexibility index (Phi) is 5.05. The fraction of sp³-hybridized carbons (Fsp3) is 0.227. The van der Waals surface area contributed by atoms with Gasteiger partial charge in [-0.15, -0.1) is 0 Å². The number of rotatable bonds is 4. The van der Waals surface area contributed by atoms with Crippen LogP contribution in [0.4, 0.5) is 10.5 Å². The van der Waals surface area contributed by atoms with Crippen LogP contribution in [0, 0.1) is 5.41 Å². The molecule has 0 bridgehead atoms. The third kappa shape index (κ3) is 3.53. The molecule has 144 valence electrons. The molecule has 1 heterocycles. The minimum absolute atomic E-state index is 0.443. The number of amides is 2. The number of nitrogens with zero attached hydrogens (tertiary/aromatic N) is 1. The summed E-state index contributed by atoms with van der Waals surface area (Å²) in [5.41, 5.74) is -1.06. The topological polar surface area (TPSA) is 91.3 Å². The molecule has 0 unspecified atom stereocenters. The number of carboxylic acid groups (broad SMARTS) is 1. The zero-order valence-corrected chi connectivity index (χ0v) is 16.1. The quantitative estimate of drug-likeness (QED) is 0.629. The Bertz CT molecular complexity index is 1010. The van der Waals surface area contributed by atoms with Gasteiger partial charge in [0, 0.05) is 23.5 Å². The van der Waals surface area contributed by atoms with Crippen molar-refractivity contribution in [2.24, 2.45) is 5.41 Å². The first kappa shape index (κ1) is 19.4. The Balaban J connectivity index is 2.08. The number of hydrogen-bond acceptors (Lipinski definition) is 3. The van der Waals surface area contributed by atoms with Gasteiger partial charge in [-0.25, -0.2) is 4.79 Å². The van der Waals surface area contributed by atoms with E-state index in [4.69, 9.17) is 0 Å². The lowest BCUT2D eigenvalue weighted by Crippen LogP contribution is -2.61. The smallest absolute Gasteiger partial charge is 0.405 e. The van der Waals surface area contributed by atoms with Crippen LogP contribution in [0.5, 0.6) is 0 Å². The molecule has 0 aliphatic carbocycles. The molecule has 6 heteroatoms. The lowest BCUT2D eigenvalue weighted by atomic mass is 9.68. The third-order valence-electron chi connectivity index (χ3n) is 4.87. The van der Waals surface area contributed by atoms with Gasteiger partial charge >= 0.3 is 6.09 Å². The van der Waals surface area contributed by atoms with Crippen molar-refractivity contribution in [1.29, 1.82) is 0 Å². The number of fused-ring (bicyclic) bond motifs is 1. The van der Waals surface area contributed by atoms with E-state index in [2.05, 4.69) is 15.6 Å². The number of nitrogens with one attached hydrogen (secondary N) is 2. The van der Waals surface area contributed by atoms with Crippen molar-refractivity contribution in [3.8, 4) is 0 Å². The first-order valence-corrected chi connectivity index (χ1v) is 8.96. The Morgan fingerprint density at radius 3 is 2.32 bits per heavy atom. The highest BCUT2D eigenvalue weighted by Gasteiger charge is 2.51. The maximum Gasteiger partial charge on any atom is 0.405 e. The summed E-state index contributed by atoms with van der Waals surface area (Å²) in [6.45, 7) is 5.50. The maximum absolute atomic E-state index is 13.5. The van der Waals surface area contributed by atoms with Crippen molar-refractivity contribution in [3.05, 3.63) is 72.6 Å². The van der Waals surface area contributed by atoms with E-state index < -0.39 is 23.0 Å². The van der Waals surface area contributed by atoms with Crippen molar-refractivity contribution >= 4 is 28.5 Å². The van der Waals surface area contributed by atoms with Crippen LogP contribution in [0.3, 0.4) is 0 Å². The molecule has 0 fully saturated rings. The summed E-state index contributed by atoms with van der Waals surface area (Å²) in [5.74, 6) is -0.443. The van der Waals surface area contributed by atoms with Crippen molar-refractivity contribution in [2.75, 3.05) is 5.32 Å². The van der Waals surface area contributed by atoms with Crippen molar-refractivity contribution < 1.29 is 14.7 Å². The van der Waals surface area contributed by atoms with E-state index in [0.29, 0.717) is 11.3 Å². The van der Waals surface area contributed by atoms with Gasteiger partial charge < -0.3 is 15.7 Å². The SMILES string of the molecule is CC(C)(C)[C@](NC(=O)O)(C(=O)Nc1ccc2cnccc2c1)c1ccccc1. The molecular weight excluding hydrogens is 354 g/mol. The minimum Gasteiger partial charge on any atom is -0.465 e. The normalized spacial score (nSPS) is 13.5. The molecule has 2 amide bonds. The molecule has 0 spiro atoms. The van der Waals surface area contributed by atoms with Crippen molar-refractivity contribution in [2.45, 2.75) is 26.3 Å². The lowest BCUT2D eigenvalue weighted by Gasteiger charge is -2.43. The second-order valence-electron chi connectivity index (χ2n) is 7.69. The Morgan fingerprint density at radius 2 is 1.68 bits per heavy atom. The highest BCUT2D eigenvalue weighted by molar-refractivity contribution is 6.02. The van der Waals surface area contributed by atoms with Crippen LogP contribution in [0.2, 0.25) is 0 Å². The molecule has 3 N–H and O–H groups in total. The van der Waals surface area contributed by atoms with Gasteiger partial charge in [0.2, 0.25) is 0 Å². The summed E-state index contributed by atoms with van der Waals surface area (Å²) in [4.78, 5) is 29.3. The Labute approximate surface area is 163 Å². The van der Waals surface area contributed by atoms with Gasteiger partial charge in [0.25, 0.3) is 5.91 Å². The predicted molar refractivity (Wildman–Crippen MR) is 109 cm³/mol. The molecule has 3 aromatic rings. The van der Waals surface area contributed by atoms with Crippen LogP contribution in [0.15, 0.2) is 67.0 Å². The van der Waals surface area contributed by atoms with Gasteiger partial charge in [-0.1, -0.05) is 57.2 Å². The van der Waals surface area contributed by atoms with E-state index >= 15 is 0 Å². The van der Waals surface area contributed by atoms with Crippen LogP contribution >= 0.6 is 0 Å². The highest BCUT2D eigenvalue weighted by atomic mass is 16.4. The van der Waals surface area contributed by atoms with E-state index in [0.717, 1.165) is 10.8 Å².